The van der Waals surface area contributed by atoms with Gasteiger partial charge >= 0.3 is 17.9 Å². The van der Waals surface area contributed by atoms with E-state index >= 15 is 0 Å². The minimum Gasteiger partial charge on any atom is -0.462 e. The number of carbonyl (C=O) groups is 3. The third-order valence-corrected chi connectivity index (χ3v) is 9.26. The summed E-state index contributed by atoms with van der Waals surface area (Å²) in [7, 11) is 0. The Hall–Kier alpha value is -2.89. The third-order valence-electron chi connectivity index (χ3n) is 9.26. The Bertz CT molecular complexity index is 1010. The van der Waals surface area contributed by atoms with Crippen LogP contribution in [0.25, 0.3) is 0 Å². The van der Waals surface area contributed by atoms with Gasteiger partial charge in [0, 0.05) is 19.3 Å². The molecule has 0 fully saturated rings. The Morgan fingerprint density at radius 1 is 0.389 bits per heavy atom. The number of ether oxygens (including phenoxy) is 3. The van der Waals surface area contributed by atoms with Gasteiger partial charge in [-0.15, -0.1) is 0 Å². The van der Waals surface area contributed by atoms with Gasteiger partial charge in [-0.05, 0) is 83.5 Å². The number of hydrogen-bond acceptors (Lipinski definition) is 6. The summed E-state index contributed by atoms with van der Waals surface area (Å²) in [6.45, 7) is 6.41. The zero-order valence-electron chi connectivity index (χ0n) is 35.2. The number of allylic oxidation sites excluding steroid dienone is 10. The van der Waals surface area contributed by atoms with Crippen LogP contribution in [0.1, 0.15) is 207 Å². The van der Waals surface area contributed by atoms with E-state index in [0.29, 0.717) is 19.3 Å². The summed E-state index contributed by atoms with van der Waals surface area (Å²) in [6, 6.07) is 0. The minimum atomic E-state index is -0.790. The number of rotatable bonds is 39. The van der Waals surface area contributed by atoms with E-state index in [2.05, 4.69) is 81.5 Å². The van der Waals surface area contributed by atoms with E-state index in [0.717, 1.165) is 96.3 Å². The van der Waals surface area contributed by atoms with Gasteiger partial charge in [-0.1, -0.05) is 165 Å². The molecule has 0 aliphatic rings. The van der Waals surface area contributed by atoms with Gasteiger partial charge in [-0.25, -0.2) is 0 Å². The van der Waals surface area contributed by atoms with E-state index < -0.39 is 6.10 Å². The van der Waals surface area contributed by atoms with Gasteiger partial charge in [0.2, 0.25) is 0 Å². The van der Waals surface area contributed by atoms with E-state index in [1.807, 2.05) is 0 Å². The summed E-state index contributed by atoms with van der Waals surface area (Å²) >= 11 is 0. The van der Waals surface area contributed by atoms with Gasteiger partial charge < -0.3 is 14.2 Å². The molecule has 0 aromatic heterocycles. The molecule has 0 aliphatic heterocycles. The summed E-state index contributed by atoms with van der Waals surface area (Å²) in [5.41, 5.74) is 0. The molecule has 0 unspecified atom stereocenters. The maximum Gasteiger partial charge on any atom is 0.306 e. The molecule has 0 aliphatic carbocycles. The van der Waals surface area contributed by atoms with E-state index in [1.165, 1.54) is 70.6 Å². The zero-order valence-corrected chi connectivity index (χ0v) is 35.2. The van der Waals surface area contributed by atoms with Crippen molar-refractivity contribution in [3.05, 3.63) is 60.8 Å². The van der Waals surface area contributed by atoms with Crippen LogP contribution in [0.5, 0.6) is 0 Å². The summed E-state index contributed by atoms with van der Waals surface area (Å²) in [4.78, 5) is 37.6. The van der Waals surface area contributed by atoms with Crippen LogP contribution < -0.4 is 0 Å². The first kappa shape index (κ1) is 51.1. The third kappa shape index (κ3) is 40.3. The molecule has 0 N–H and O–H groups in total. The molecule has 0 saturated heterocycles. The van der Waals surface area contributed by atoms with Crippen LogP contribution in [0, 0.1) is 0 Å². The first-order chi connectivity index (χ1) is 26.5. The lowest BCUT2D eigenvalue weighted by molar-refractivity contribution is -0.167. The first-order valence-electron chi connectivity index (χ1n) is 22.3. The molecule has 0 rings (SSSR count). The summed E-state index contributed by atoms with van der Waals surface area (Å²) in [6.07, 6.45) is 50.6. The highest BCUT2D eigenvalue weighted by molar-refractivity contribution is 5.71. The number of unbranched alkanes of at least 4 members (excludes halogenated alkanes) is 18. The molecule has 310 valence electrons. The fourth-order valence-corrected chi connectivity index (χ4v) is 5.90. The van der Waals surface area contributed by atoms with Gasteiger partial charge in [-0.2, -0.15) is 0 Å². The number of carbonyl (C=O) groups excluding carboxylic acids is 3. The molecule has 0 spiro atoms. The van der Waals surface area contributed by atoms with Crippen LogP contribution >= 0.6 is 0 Å². The quantitative estimate of drug-likeness (QED) is 0.0269. The van der Waals surface area contributed by atoms with Crippen LogP contribution in [-0.4, -0.2) is 37.2 Å². The normalized spacial score (nSPS) is 12.6. The van der Waals surface area contributed by atoms with Gasteiger partial charge in [-0.3, -0.25) is 14.4 Å². The molecule has 1 atom stereocenters. The lowest BCUT2D eigenvalue weighted by atomic mass is 10.1. The van der Waals surface area contributed by atoms with E-state index in [4.69, 9.17) is 14.2 Å². The average molecular weight is 755 g/mol. The fraction of sp³-hybridized carbons (Fsp3) is 0.729. The Morgan fingerprint density at radius 3 is 1.22 bits per heavy atom. The average Bonchev–Trinajstić information content (AvgIpc) is 3.17. The predicted octanol–water partition coefficient (Wildman–Crippen LogP) is 14.1. The van der Waals surface area contributed by atoms with Crippen molar-refractivity contribution in [1.82, 2.24) is 0 Å². The molecule has 54 heavy (non-hydrogen) atoms. The summed E-state index contributed by atoms with van der Waals surface area (Å²) in [5, 5.41) is 0. The SMILES string of the molecule is CC/C=C\C/C=C\C/C=C\C/C=C\CCCCC(=O)OC[C@@H](COC(=O)CCCCCCCCCCC)OC(=O)CCCCCCC/C=C\CCCCC. The topological polar surface area (TPSA) is 78.9 Å². The second-order valence-corrected chi connectivity index (χ2v) is 14.6. The van der Waals surface area contributed by atoms with Crippen molar-refractivity contribution in [3.8, 4) is 0 Å². The van der Waals surface area contributed by atoms with Crippen molar-refractivity contribution in [2.75, 3.05) is 13.2 Å². The van der Waals surface area contributed by atoms with E-state index in [-0.39, 0.29) is 31.1 Å². The molecule has 0 heterocycles. The Labute approximate surface area is 332 Å². The molecule has 0 aromatic carbocycles. The van der Waals surface area contributed by atoms with Crippen LogP contribution in [0.15, 0.2) is 60.8 Å². The standard InChI is InChI=1S/C48H82O6/c1-4-7-10-13-16-19-21-23-24-25-27-29-32-35-38-41-47(50)53-44-45(43-52-46(49)40-37-34-31-28-18-15-12-9-6-3)54-48(51)42-39-36-33-30-26-22-20-17-14-11-8-5-2/h7,10,16-17,19-20,23-24,27,29,45H,4-6,8-9,11-15,18,21-22,25-26,28,30-44H2,1-3H3/b10-7-,19-16-,20-17-,24-23-,29-27-/t45-/m1/s1. The molecule has 6 heteroatoms. The number of esters is 3. The van der Waals surface area contributed by atoms with E-state index in [1.54, 1.807) is 0 Å². The smallest absolute Gasteiger partial charge is 0.306 e. The van der Waals surface area contributed by atoms with Gasteiger partial charge in [0.15, 0.2) is 6.10 Å². The van der Waals surface area contributed by atoms with Crippen molar-refractivity contribution < 1.29 is 28.6 Å². The minimum absolute atomic E-state index is 0.0902. The summed E-state index contributed by atoms with van der Waals surface area (Å²) < 4.78 is 16.6. The molecule has 0 bridgehead atoms. The van der Waals surface area contributed by atoms with Crippen LogP contribution in [0.3, 0.4) is 0 Å². The van der Waals surface area contributed by atoms with Crippen LogP contribution in [0.2, 0.25) is 0 Å². The molecule has 0 amide bonds. The first-order valence-corrected chi connectivity index (χ1v) is 22.3. The highest BCUT2D eigenvalue weighted by atomic mass is 16.6. The molecule has 0 saturated carbocycles. The van der Waals surface area contributed by atoms with Crippen molar-refractivity contribution in [1.29, 1.82) is 0 Å². The Morgan fingerprint density at radius 2 is 0.722 bits per heavy atom. The number of hydrogen-bond donors (Lipinski definition) is 0. The lowest BCUT2D eigenvalue weighted by Gasteiger charge is -2.18. The van der Waals surface area contributed by atoms with Crippen molar-refractivity contribution in [2.24, 2.45) is 0 Å². The molecule has 0 aromatic rings. The maximum atomic E-state index is 12.7. The Kier molecular flexibility index (Phi) is 40.6. The fourth-order valence-electron chi connectivity index (χ4n) is 5.90. The monoisotopic (exact) mass is 755 g/mol. The second kappa shape index (κ2) is 42.8. The summed E-state index contributed by atoms with van der Waals surface area (Å²) in [5.74, 6) is -0.950. The maximum absolute atomic E-state index is 12.7. The van der Waals surface area contributed by atoms with Crippen molar-refractivity contribution in [2.45, 2.75) is 213 Å². The predicted molar refractivity (Wildman–Crippen MR) is 228 cm³/mol. The molecule has 6 nitrogen and oxygen atoms in total. The lowest BCUT2D eigenvalue weighted by Crippen LogP contribution is -2.30. The zero-order chi connectivity index (χ0) is 39.4. The van der Waals surface area contributed by atoms with Crippen molar-refractivity contribution >= 4 is 17.9 Å². The van der Waals surface area contributed by atoms with Gasteiger partial charge in [0.05, 0.1) is 0 Å². The molecular formula is C48H82O6. The van der Waals surface area contributed by atoms with Gasteiger partial charge in [0.25, 0.3) is 0 Å². The largest absolute Gasteiger partial charge is 0.462 e. The molecular weight excluding hydrogens is 673 g/mol. The van der Waals surface area contributed by atoms with Gasteiger partial charge in [0.1, 0.15) is 13.2 Å². The van der Waals surface area contributed by atoms with Crippen LogP contribution in [0.4, 0.5) is 0 Å². The van der Waals surface area contributed by atoms with E-state index in [9.17, 15) is 14.4 Å². The van der Waals surface area contributed by atoms with Crippen molar-refractivity contribution in [3.63, 3.8) is 0 Å². The highest BCUT2D eigenvalue weighted by Crippen LogP contribution is 2.13. The second-order valence-electron chi connectivity index (χ2n) is 14.6. The molecule has 0 radical (unpaired) electrons. The van der Waals surface area contributed by atoms with Crippen LogP contribution in [-0.2, 0) is 28.6 Å². The highest BCUT2D eigenvalue weighted by Gasteiger charge is 2.19. The Balaban J connectivity index is 4.45.